The smallest absolute Gasteiger partial charge is 0.307 e. The largest absolute Gasteiger partial charge is 0.481 e. The van der Waals surface area contributed by atoms with Crippen molar-refractivity contribution < 1.29 is 14.7 Å². The Kier molecular flexibility index (Phi) is 3.09. The van der Waals surface area contributed by atoms with Crippen LogP contribution in [-0.2, 0) is 9.59 Å². The molecule has 2 atom stereocenters. The molecule has 1 saturated heterocycles. The standard InChI is InChI=1S/C10H13N3O3/c14-9-4-3-8(11-12-9)13-5-1-2-7(6-13)10(15)16/h3-4,7-8H,1-2,5-6H2,(H,15,16). The molecule has 0 saturated carbocycles. The number of aliphatic carboxylic acids is 1. The van der Waals surface area contributed by atoms with Crippen LogP contribution in [0.4, 0.5) is 0 Å². The number of carboxylic acid groups (broad SMARTS) is 1. The van der Waals surface area contributed by atoms with E-state index in [4.69, 9.17) is 5.11 Å². The highest BCUT2D eigenvalue weighted by molar-refractivity contribution is 5.88. The molecule has 16 heavy (non-hydrogen) atoms. The van der Waals surface area contributed by atoms with Gasteiger partial charge in [0.1, 0.15) is 6.17 Å². The van der Waals surface area contributed by atoms with Gasteiger partial charge in [-0.1, -0.05) is 0 Å². The predicted molar refractivity (Wildman–Crippen MR) is 54.7 cm³/mol. The van der Waals surface area contributed by atoms with E-state index in [1.165, 1.54) is 6.08 Å². The summed E-state index contributed by atoms with van der Waals surface area (Å²) < 4.78 is 0. The third-order valence-electron chi connectivity index (χ3n) is 2.86. The lowest BCUT2D eigenvalue weighted by atomic mass is 9.98. The fourth-order valence-corrected chi connectivity index (χ4v) is 2.00. The van der Waals surface area contributed by atoms with Gasteiger partial charge in [-0.05, 0) is 18.9 Å². The summed E-state index contributed by atoms with van der Waals surface area (Å²) in [4.78, 5) is 23.6. The van der Waals surface area contributed by atoms with Crippen molar-refractivity contribution in [3.05, 3.63) is 12.2 Å². The van der Waals surface area contributed by atoms with Crippen LogP contribution in [0.3, 0.4) is 0 Å². The fraction of sp³-hybridized carbons (Fsp3) is 0.600. The number of nitrogens with zero attached hydrogens (tertiary/aromatic N) is 3. The molecule has 0 aliphatic carbocycles. The molecule has 2 rings (SSSR count). The number of carbonyl (C=O) groups is 2. The number of hydrogen-bond donors (Lipinski definition) is 1. The van der Waals surface area contributed by atoms with E-state index in [-0.39, 0.29) is 18.0 Å². The van der Waals surface area contributed by atoms with Gasteiger partial charge in [0.05, 0.1) is 5.92 Å². The van der Waals surface area contributed by atoms with Crippen LogP contribution < -0.4 is 0 Å². The summed E-state index contributed by atoms with van der Waals surface area (Å²) in [7, 11) is 0. The van der Waals surface area contributed by atoms with Crippen LogP contribution in [0, 0.1) is 5.92 Å². The van der Waals surface area contributed by atoms with Gasteiger partial charge in [-0.15, -0.1) is 5.11 Å². The summed E-state index contributed by atoms with van der Waals surface area (Å²) in [6, 6.07) is 0. The number of carbonyl (C=O) groups excluding carboxylic acids is 1. The molecule has 0 spiro atoms. The van der Waals surface area contributed by atoms with E-state index < -0.39 is 5.97 Å². The van der Waals surface area contributed by atoms with E-state index in [1.807, 2.05) is 4.90 Å². The second kappa shape index (κ2) is 4.52. The van der Waals surface area contributed by atoms with Crippen LogP contribution in [0.2, 0.25) is 0 Å². The van der Waals surface area contributed by atoms with Crippen molar-refractivity contribution in [2.24, 2.45) is 16.1 Å². The van der Waals surface area contributed by atoms with E-state index >= 15 is 0 Å². The van der Waals surface area contributed by atoms with Crippen molar-refractivity contribution in [3.63, 3.8) is 0 Å². The topological polar surface area (TPSA) is 82.3 Å². The third-order valence-corrected chi connectivity index (χ3v) is 2.86. The first-order chi connectivity index (χ1) is 7.66. The van der Waals surface area contributed by atoms with E-state index in [9.17, 15) is 9.59 Å². The van der Waals surface area contributed by atoms with E-state index in [0.29, 0.717) is 13.0 Å². The molecule has 6 heteroatoms. The maximum atomic E-state index is 10.9. The monoisotopic (exact) mass is 223 g/mol. The Morgan fingerprint density at radius 2 is 2.38 bits per heavy atom. The number of piperidine rings is 1. The summed E-state index contributed by atoms with van der Waals surface area (Å²) in [5.74, 6) is -1.46. The third kappa shape index (κ3) is 2.33. The average Bonchev–Trinajstić information content (AvgIpc) is 2.30. The normalized spacial score (nSPS) is 30.6. The average molecular weight is 223 g/mol. The Morgan fingerprint density at radius 1 is 1.56 bits per heavy atom. The highest BCUT2D eigenvalue weighted by Crippen LogP contribution is 2.20. The number of hydrogen-bond acceptors (Lipinski definition) is 4. The predicted octanol–water partition coefficient (Wildman–Crippen LogP) is 0.658. The minimum Gasteiger partial charge on any atom is -0.481 e. The first-order valence-corrected chi connectivity index (χ1v) is 5.26. The number of rotatable bonds is 2. The number of amides is 1. The van der Waals surface area contributed by atoms with Crippen LogP contribution in [0.25, 0.3) is 0 Å². The first kappa shape index (κ1) is 10.9. The van der Waals surface area contributed by atoms with Crippen molar-refractivity contribution in [1.82, 2.24) is 4.90 Å². The van der Waals surface area contributed by atoms with E-state index in [2.05, 4.69) is 10.2 Å². The molecule has 0 radical (unpaired) electrons. The lowest BCUT2D eigenvalue weighted by molar-refractivity contribution is -0.143. The van der Waals surface area contributed by atoms with Gasteiger partial charge in [0.25, 0.3) is 5.91 Å². The first-order valence-electron chi connectivity index (χ1n) is 5.26. The van der Waals surface area contributed by atoms with Gasteiger partial charge in [-0.2, -0.15) is 5.11 Å². The highest BCUT2D eigenvalue weighted by Gasteiger charge is 2.29. The zero-order valence-corrected chi connectivity index (χ0v) is 8.74. The van der Waals surface area contributed by atoms with E-state index in [1.54, 1.807) is 6.08 Å². The van der Waals surface area contributed by atoms with E-state index in [0.717, 1.165) is 13.0 Å². The van der Waals surface area contributed by atoms with Crippen LogP contribution in [0.1, 0.15) is 12.8 Å². The SMILES string of the molecule is O=C1C=CC(N2CCCC(C(=O)O)C2)N=N1. The minimum atomic E-state index is -0.766. The minimum absolute atomic E-state index is 0.278. The van der Waals surface area contributed by atoms with Crippen LogP contribution in [-0.4, -0.2) is 41.1 Å². The lowest BCUT2D eigenvalue weighted by Gasteiger charge is -2.33. The van der Waals surface area contributed by atoms with Gasteiger partial charge in [0, 0.05) is 19.2 Å². The second-order valence-electron chi connectivity index (χ2n) is 4.00. The van der Waals surface area contributed by atoms with Crippen molar-refractivity contribution in [2.75, 3.05) is 13.1 Å². The Hall–Kier alpha value is -1.56. The molecule has 2 aliphatic heterocycles. The Balaban J connectivity index is 2.00. The Bertz CT molecular complexity index is 348. The molecule has 1 N–H and O–H groups in total. The second-order valence-corrected chi connectivity index (χ2v) is 4.00. The highest BCUT2D eigenvalue weighted by atomic mass is 16.4. The molecular weight excluding hydrogens is 210 g/mol. The summed E-state index contributed by atoms with van der Waals surface area (Å²) in [5.41, 5.74) is 0. The summed E-state index contributed by atoms with van der Waals surface area (Å²) >= 11 is 0. The van der Waals surface area contributed by atoms with Crippen LogP contribution >= 0.6 is 0 Å². The van der Waals surface area contributed by atoms with Gasteiger partial charge in [-0.3, -0.25) is 14.5 Å². The van der Waals surface area contributed by atoms with Crippen molar-refractivity contribution in [3.8, 4) is 0 Å². The number of likely N-dealkylation sites (tertiary alicyclic amines) is 1. The van der Waals surface area contributed by atoms with Gasteiger partial charge in [-0.25, -0.2) is 0 Å². The summed E-state index contributed by atoms with van der Waals surface area (Å²) in [5, 5.41) is 16.3. The van der Waals surface area contributed by atoms with Crippen LogP contribution in [0.15, 0.2) is 22.4 Å². The molecule has 2 heterocycles. The van der Waals surface area contributed by atoms with Gasteiger partial charge >= 0.3 is 5.97 Å². The number of carboxylic acids is 1. The molecule has 86 valence electrons. The lowest BCUT2D eigenvalue weighted by Crippen LogP contribution is -2.43. The molecule has 6 nitrogen and oxygen atoms in total. The molecule has 0 bridgehead atoms. The quantitative estimate of drug-likeness (QED) is 0.745. The number of azo groups is 1. The van der Waals surface area contributed by atoms with Crippen molar-refractivity contribution in [2.45, 2.75) is 19.0 Å². The fourth-order valence-electron chi connectivity index (χ4n) is 2.00. The Morgan fingerprint density at radius 3 is 3.00 bits per heavy atom. The zero-order chi connectivity index (χ0) is 11.5. The summed E-state index contributed by atoms with van der Waals surface area (Å²) in [6.45, 7) is 1.27. The van der Waals surface area contributed by atoms with Gasteiger partial charge in [0.15, 0.2) is 0 Å². The van der Waals surface area contributed by atoms with Crippen molar-refractivity contribution >= 4 is 11.9 Å². The van der Waals surface area contributed by atoms with Crippen LogP contribution in [0.5, 0.6) is 0 Å². The molecule has 1 fully saturated rings. The molecular formula is C10H13N3O3. The molecule has 0 aromatic rings. The zero-order valence-electron chi connectivity index (χ0n) is 8.74. The van der Waals surface area contributed by atoms with Gasteiger partial charge < -0.3 is 5.11 Å². The molecule has 2 unspecified atom stereocenters. The van der Waals surface area contributed by atoms with Crippen molar-refractivity contribution in [1.29, 1.82) is 0 Å². The molecule has 0 aromatic heterocycles. The molecule has 1 amide bonds. The van der Waals surface area contributed by atoms with Gasteiger partial charge in [0.2, 0.25) is 0 Å². The Labute approximate surface area is 92.6 Å². The maximum Gasteiger partial charge on any atom is 0.307 e. The maximum absolute atomic E-state index is 10.9. The summed E-state index contributed by atoms with van der Waals surface area (Å²) in [6.07, 6.45) is 4.31. The molecule has 2 aliphatic rings. The molecule has 0 aromatic carbocycles.